The van der Waals surface area contributed by atoms with Gasteiger partial charge in [0.15, 0.2) is 0 Å². The van der Waals surface area contributed by atoms with Crippen LogP contribution < -0.4 is 5.32 Å². The van der Waals surface area contributed by atoms with Crippen molar-refractivity contribution in [3.05, 3.63) is 41.6 Å². The molecule has 0 amide bonds. The molecule has 0 bridgehead atoms. The van der Waals surface area contributed by atoms with E-state index < -0.39 is 11.7 Å². The van der Waals surface area contributed by atoms with Crippen molar-refractivity contribution >= 4 is 0 Å². The van der Waals surface area contributed by atoms with Crippen molar-refractivity contribution in [3.63, 3.8) is 0 Å². The fourth-order valence-corrected chi connectivity index (χ4v) is 1.94. The molecule has 1 unspecified atom stereocenters. The van der Waals surface area contributed by atoms with Crippen LogP contribution in [0.5, 0.6) is 0 Å². The van der Waals surface area contributed by atoms with Gasteiger partial charge in [-0.1, -0.05) is 18.2 Å². The molecule has 2 aromatic rings. The maximum atomic E-state index is 13.0. The molecule has 2 N–H and O–H groups in total. The van der Waals surface area contributed by atoms with Crippen LogP contribution in [0, 0.1) is 0 Å². The summed E-state index contributed by atoms with van der Waals surface area (Å²) in [5.41, 5.74) is 0.558. The molecule has 0 saturated carbocycles. The molecule has 0 aliphatic heterocycles. The number of nitrogens with one attached hydrogen (secondary N) is 2. The summed E-state index contributed by atoms with van der Waals surface area (Å²) in [5.74, 6) is 0. The maximum Gasteiger partial charge on any atom is 0.417 e. The predicted octanol–water partition coefficient (Wildman–Crippen LogP) is 3.38. The summed E-state index contributed by atoms with van der Waals surface area (Å²) in [4.78, 5) is 0. The second kappa shape index (κ2) is 5.05. The van der Waals surface area contributed by atoms with Gasteiger partial charge < -0.3 is 5.32 Å². The summed E-state index contributed by atoms with van der Waals surface area (Å²) >= 11 is 0. The van der Waals surface area contributed by atoms with Crippen LogP contribution >= 0.6 is 0 Å². The minimum atomic E-state index is -4.39. The quantitative estimate of drug-likeness (QED) is 0.896. The molecule has 3 nitrogen and oxygen atoms in total. The number of H-pyrrole nitrogens is 1. The predicted molar refractivity (Wildman–Crippen MR) is 66.5 cm³/mol. The molecule has 0 spiro atoms. The van der Waals surface area contributed by atoms with Crippen LogP contribution in [0.15, 0.2) is 30.5 Å². The lowest BCUT2D eigenvalue weighted by atomic mass is 9.99. The number of halogens is 3. The van der Waals surface area contributed by atoms with E-state index in [2.05, 4.69) is 15.5 Å². The van der Waals surface area contributed by atoms with E-state index >= 15 is 0 Å². The van der Waals surface area contributed by atoms with Crippen LogP contribution in [-0.2, 0) is 6.18 Å². The topological polar surface area (TPSA) is 40.7 Å². The van der Waals surface area contributed by atoms with E-state index in [1.807, 2.05) is 6.92 Å². The Morgan fingerprint density at radius 2 is 1.95 bits per heavy atom. The third-order valence-electron chi connectivity index (χ3n) is 3.07. The SMILES string of the molecule is CNC(C)c1cn[nH]c1-c1ccccc1C(F)(F)F. The molecule has 0 aliphatic carbocycles. The molecule has 1 aromatic carbocycles. The van der Waals surface area contributed by atoms with Crippen molar-refractivity contribution in [2.24, 2.45) is 0 Å². The van der Waals surface area contributed by atoms with Crippen LogP contribution in [0.4, 0.5) is 13.2 Å². The Bertz CT molecular complexity index is 560. The van der Waals surface area contributed by atoms with Gasteiger partial charge in [-0.3, -0.25) is 5.10 Å². The zero-order valence-corrected chi connectivity index (χ0v) is 10.5. The van der Waals surface area contributed by atoms with Crippen molar-refractivity contribution in [1.82, 2.24) is 15.5 Å². The molecule has 0 aliphatic rings. The van der Waals surface area contributed by atoms with Crippen LogP contribution in [0.25, 0.3) is 11.3 Å². The highest BCUT2D eigenvalue weighted by atomic mass is 19.4. The number of nitrogens with zero attached hydrogens (tertiary/aromatic N) is 1. The number of rotatable bonds is 3. The molecule has 2 rings (SSSR count). The van der Waals surface area contributed by atoms with E-state index in [4.69, 9.17) is 0 Å². The third-order valence-corrected chi connectivity index (χ3v) is 3.07. The van der Waals surface area contributed by atoms with Crippen LogP contribution in [0.2, 0.25) is 0 Å². The Morgan fingerprint density at radius 3 is 2.58 bits per heavy atom. The van der Waals surface area contributed by atoms with Crippen molar-refractivity contribution in [3.8, 4) is 11.3 Å². The van der Waals surface area contributed by atoms with E-state index in [0.717, 1.165) is 6.07 Å². The van der Waals surface area contributed by atoms with Gasteiger partial charge in [0.05, 0.1) is 17.5 Å². The highest BCUT2D eigenvalue weighted by Crippen LogP contribution is 2.38. The standard InChI is InChI=1S/C13H14F3N3/c1-8(17-2)10-7-18-19-12(10)9-5-3-4-6-11(9)13(14,15)16/h3-8,17H,1-2H3,(H,18,19). The zero-order valence-electron chi connectivity index (χ0n) is 10.5. The first kappa shape index (κ1) is 13.6. The van der Waals surface area contributed by atoms with Gasteiger partial charge in [-0.2, -0.15) is 18.3 Å². The summed E-state index contributed by atoms with van der Waals surface area (Å²) in [5, 5.41) is 9.51. The Balaban J connectivity index is 2.57. The average molecular weight is 269 g/mol. The average Bonchev–Trinajstić information content (AvgIpc) is 2.86. The first-order valence-electron chi connectivity index (χ1n) is 5.82. The smallest absolute Gasteiger partial charge is 0.313 e. The molecular formula is C13H14F3N3. The van der Waals surface area contributed by atoms with E-state index in [9.17, 15) is 13.2 Å². The van der Waals surface area contributed by atoms with Crippen LogP contribution in [0.3, 0.4) is 0 Å². The summed E-state index contributed by atoms with van der Waals surface area (Å²) in [6.07, 6.45) is -2.84. The second-order valence-electron chi connectivity index (χ2n) is 4.25. The first-order valence-corrected chi connectivity index (χ1v) is 5.82. The summed E-state index contributed by atoms with van der Waals surface area (Å²) in [6.45, 7) is 1.87. The Labute approximate surface area is 108 Å². The molecule has 19 heavy (non-hydrogen) atoms. The highest BCUT2D eigenvalue weighted by Gasteiger charge is 2.34. The van der Waals surface area contributed by atoms with Gasteiger partial charge in [-0.05, 0) is 20.0 Å². The fraction of sp³-hybridized carbons (Fsp3) is 0.308. The molecule has 102 valence electrons. The monoisotopic (exact) mass is 269 g/mol. The van der Waals surface area contributed by atoms with Crippen molar-refractivity contribution in [2.45, 2.75) is 19.1 Å². The number of hydrogen-bond acceptors (Lipinski definition) is 2. The number of aromatic amines is 1. The van der Waals surface area contributed by atoms with E-state index in [1.54, 1.807) is 19.3 Å². The fourth-order valence-electron chi connectivity index (χ4n) is 1.94. The lowest BCUT2D eigenvalue weighted by molar-refractivity contribution is -0.137. The Morgan fingerprint density at radius 1 is 1.26 bits per heavy atom. The summed E-state index contributed by atoms with van der Waals surface area (Å²) in [7, 11) is 1.75. The molecular weight excluding hydrogens is 255 g/mol. The second-order valence-corrected chi connectivity index (χ2v) is 4.25. The van der Waals surface area contributed by atoms with Gasteiger partial charge in [0, 0.05) is 17.2 Å². The minimum Gasteiger partial charge on any atom is -0.313 e. The number of alkyl halides is 3. The molecule has 1 atom stereocenters. The molecule has 0 saturated heterocycles. The van der Waals surface area contributed by atoms with Crippen LogP contribution in [-0.4, -0.2) is 17.2 Å². The first-order chi connectivity index (χ1) is 8.95. The molecule has 0 radical (unpaired) electrons. The van der Waals surface area contributed by atoms with Crippen molar-refractivity contribution in [1.29, 1.82) is 0 Å². The third kappa shape index (κ3) is 2.63. The Hall–Kier alpha value is -1.82. The largest absolute Gasteiger partial charge is 0.417 e. The van der Waals surface area contributed by atoms with Gasteiger partial charge in [0.1, 0.15) is 0 Å². The lowest BCUT2D eigenvalue weighted by Crippen LogP contribution is -2.13. The Kier molecular flexibility index (Phi) is 3.61. The van der Waals surface area contributed by atoms with E-state index in [1.165, 1.54) is 12.1 Å². The maximum absolute atomic E-state index is 13.0. The van der Waals surface area contributed by atoms with Crippen LogP contribution in [0.1, 0.15) is 24.1 Å². The van der Waals surface area contributed by atoms with E-state index in [-0.39, 0.29) is 11.6 Å². The van der Waals surface area contributed by atoms with Gasteiger partial charge in [-0.15, -0.1) is 0 Å². The highest BCUT2D eigenvalue weighted by molar-refractivity contribution is 5.67. The molecule has 1 aromatic heterocycles. The number of aromatic nitrogens is 2. The number of benzene rings is 1. The van der Waals surface area contributed by atoms with Gasteiger partial charge in [0.25, 0.3) is 0 Å². The molecule has 6 heteroatoms. The van der Waals surface area contributed by atoms with Gasteiger partial charge in [-0.25, -0.2) is 0 Å². The molecule has 0 fully saturated rings. The summed E-state index contributed by atoms with van der Waals surface area (Å²) in [6, 6.07) is 5.39. The lowest BCUT2D eigenvalue weighted by Gasteiger charge is -2.15. The van der Waals surface area contributed by atoms with E-state index in [0.29, 0.717) is 11.3 Å². The van der Waals surface area contributed by atoms with Gasteiger partial charge >= 0.3 is 6.18 Å². The van der Waals surface area contributed by atoms with Gasteiger partial charge in [0.2, 0.25) is 0 Å². The van der Waals surface area contributed by atoms with Crippen molar-refractivity contribution < 1.29 is 13.2 Å². The summed E-state index contributed by atoms with van der Waals surface area (Å²) < 4.78 is 39.0. The minimum absolute atomic E-state index is 0.0879. The zero-order chi connectivity index (χ0) is 14.0. The van der Waals surface area contributed by atoms with Crippen molar-refractivity contribution in [2.75, 3.05) is 7.05 Å². The number of hydrogen-bond donors (Lipinski definition) is 2. The molecule has 1 heterocycles. The normalized spacial score (nSPS) is 13.5.